The predicted molar refractivity (Wildman–Crippen MR) is 105 cm³/mol. The lowest BCUT2D eigenvalue weighted by Gasteiger charge is -2.39. The molecule has 1 amide bonds. The molecule has 1 spiro atoms. The highest BCUT2D eigenvalue weighted by atomic mass is 19.1. The summed E-state index contributed by atoms with van der Waals surface area (Å²) in [5.74, 6) is -0.460. The average molecular weight is 381 g/mol. The number of aromatic nitrogens is 1. The van der Waals surface area contributed by atoms with Gasteiger partial charge in [0.05, 0.1) is 22.5 Å². The maximum atomic E-state index is 13.4. The largest absolute Gasteiger partial charge is 0.396 e. The van der Waals surface area contributed by atoms with Crippen molar-refractivity contribution < 1.29 is 14.0 Å². The molecule has 2 N–H and O–H groups in total. The molecule has 1 saturated heterocycles. The van der Waals surface area contributed by atoms with Crippen molar-refractivity contribution in [2.24, 2.45) is 16.6 Å². The second-order valence-electron chi connectivity index (χ2n) is 8.79. The van der Waals surface area contributed by atoms with Crippen molar-refractivity contribution in [2.75, 3.05) is 13.1 Å². The van der Waals surface area contributed by atoms with Crippen molar-refractivity contribution in [1.82, 2.24) is 9.88 Å². The summed E-state index contributed by atoms with van der Waals surface area (Å²) >= 11 is 0. The maximum absolute atomic E-state index is 13.4. The number of pyridine rings is 1. The molecule has 0 unspecified atom stereocenters. The molecule has 4 rings (SSSR count). The SMILES string of the molecule is Cc1nc2cc(F)ccc2cc1C(=O)N1CC[C@]2(C=C(N)C(=O)C(C)(C)C2)C1. The van der Waals surface area contributed by atoms with Crippen LogP contribution in [0.25, 0.3) is 10.9 Å². The molecule has 6 heteroatoms. The van der Waals surface area contributed by atoms with Crippen LogP contribution in [0.15, 0.2) is 36.0 Å². The van der Waals surface area contributed by atoms with Crippen molar-refractivity contribution in [1.29, 1.82) is 0 Å². The first-order valence-electron chi connectivity index (χ1n) is 9.50. The molecule has 2 heterocycles. The topological polar surface area (TPSA) is 76.3 Å². The Hall–Kier alpha value is -2.76. The minimum Gasteiger partial charge on any atom is -0.396 e. The predicted octanol–water partition coefficient (Wildman–Crippen LogP) is 3.36. The van der Waals surface area contributed by atoms with Crippen LogP contribution in [0.5, 0.6) is 0 Å². The van der Waals surface area contributed by atoms with Gasteiger partial charge in [-0.3, -0.25) is 14.6 Å². The number of benzene rings is 1. The Bertz CT molecular complexity index is 1040. The Morgan fingerprint density at radius 2 is 2.04 bits per heavy atom. The van der Waals surface area contributed by atoms with Gasteiger partial charge in [0.15, 0.2) is 5.78 Å². The monoisotopic (exact) mass is 381 g/mol. The van der Waals surface area contributed by atoms with Crippen LogP contribution < -0.4 is 5.73 Å². The molecule has 0 radical (unpaired) electrons. The van der Waals surface area contributed by atoms with E-state index in [0.717, 1.165) is 11.8 Å². The van der Waals surface area contributed by atoms with Crippen LogP contribution in [-0.4, -0.2) is 34.7 Å². The van der Waals surface area contributed by atoms with Gasteiger partial charge in [0.2, 0.25) is 0 Å². The summed E-state index contributed by atoms with van der Waals surface area (Å²) in [6, 6.07) is 6.16. The Labute approximate surface area is 163 Å². The van der Waals surface area contributed by atoms with Crippen molar-refractivity contribution >= 4 is 22.6 Å². The summed E-state index contributed by atoms with van der Waals surface area (Å²) in [6.07, 6.45) is 3.32. The van der Waals surface area contributed by atoms with Crippen molar-refractivity contribution in [3.05, 3.63) is 53.1 Å². The molecule has 1 atom stereocenters. The van der Waals surface area contributed by atoms with E-state index in [1.807, 2.05) is 24.8 Å². The third-order valence-corrected chi connectivity index (χ3v) is 6.01. The average Bonchev–Trinajstić information content (AvgIpc) is 3.01. The van der Waals surface area contributed by atoms with Gasteiger partial charge in [0, 0.05) is 35.4 Å². The lowest BCUT2D eigenvalue weighted by molar-refractivity contribution is -0.125. The van der Waals surface area contributed by atoms with Crippen molar-refractivity contribution in [3.63, 3.8) is 0 Å². The van der Waals surface area contributed by atoms with Crippen molar-refractivity contribution in [3.8, 4) is 0 Å². The number of allylic oxidation sites excluding steroid dienone is 1. The Balaban J connectivity index is 1.64. The lowest BCUT2D eigenvalue weighted by Crippen LogP contribution is -2.42. The summed E-state index contributed by atoms with van der Waals surface area (Å²) in [7, 11) is 0. The van der Waals surface area contributed by atoms with Crippen LogP contribution in [0.3, 0.4) is 0 Å². The standard InChI is InChI=1S/C22H24FN3O2/c1-13-16(8-14-4-5-15(23)9-18(14)25-13)20(28)26-7-6-22(12-26)10-17(24)19(27)21(2,3)11-22/h4-5,8-10H,6-7,11-12,24H2,1-3H3/t22-/m1/s1. The van der Waals surface area contributed by atoms with Crippen LogP contribution >= 0.6 is 0 Å². The van der Waals surface area contributed by atoms with Crippen LogP contribution in [0, 0.1) is 23.6 Å². The quantitative estimate of drug-likeness (QED) is 0.822. The number of rotatable bonds is 1. The molecule has 5 nitrogen and oxygen atoms in total. The molecule has 2 aliphatic rings. The number of carbonyl (C=O) groups is 2. The second-order valence-corrected chi connectivity index (χ2v) is 8.79. The molecule has 2 aromatic rings. The Kier molecular flexibility index (Phi) is 4.07. The number of nitrogens with zero attached hydrogens (tertiary/aromatic N) is 2. The zero-order valence-corrected chi connectivity index (χ0v) is 16.4. The van der Waals surface area contributed by atoms with Gasteiger partial charge in [-0.15, -0.1) is 0 Å². The molecule has 1 aromatic carbocycles. The number of fused-ring (bicyclic) bond motifs is 1. The van der Waals surface area contributed by atoms with E-state index in [9.17, 15) is 14.0 Å². The number of ketones is 1. The minimum atomic E-state index is -0.525. The summed E-state index contributed by atoms with van der Waals surface area (Å²) in [5, 5.41) is 0.734. The molecular weight excluding hydrogens is 357 g/mol. The van der Waals surface area contributed by atoms with Gasteiger partial charge >= 0.3 is 0 Å². The number of amides is 1. The number of aryl methyl sites for hydroxylation is 1. The van der Waals surface area contributed by atoms with Crippen molar-refractivity contribution in [2.45, 2.75) is 33.6 Å². The summed E-state index contributed by atoms with van der Waals surface area (Å²) in [4.78, 5) is 31.7. The molecule has 0 bridgehead atoms. The highest BCUT2D eigenvalue weighted by Gasteiger charge is 2.48. The van der Waals surface area contributed by atoms with E-state index < -0.39 is 5.41 Å². The number of nitrogens with two attached hydrogens (primary N) is 1. The molecule has 1 fully saturated rings. The fourth-order valence-corrected chi connectivity index (χ4v) is 4.75. The van der Waals surface area contributed by atoms with Crippen LogP contribution in [0.2, 0.25) is 0 Å². The number of hydrogen-bond donors (Lipinski definition) is 1. The van der Waals surface area contributed by atoms with Crippen LogP contribution in [-0.2, 0) is 4.79 Å². The summed E-state index contributed by atoms with van der Waals surface area (Å²) < 4.78 is 13.4. The Morgan fingerprint density at radius 1 is 1.29 bits per heavy atom. The van der Waals surface area contributed by atoms with Gasteiger partial charge in [0.1, 0.15) is 5.82 Å². The van der Waals surface area contributed by atoms with E-state index in [-0.39, 0.29) is 22.9 Å². The summed E-state index contributed by atoms with van der Waals surface area (Å²) in [5.41, 5.74) is 7.16. The van der Waals surface area contributed by atoms with E-state index in [4.69, 9.17) is 5.73 Å². The summed E-state index contributed by atoms with van der Waals surface area (Å²) in [6.45, 7) is 6.73. The van der Waals surface area contributed by atoms with Crippen LogP contribution in [0.4, 0.5) is 4.39 Å². The minimum absolute atomic E-state index is 0.0234. The first-order chi connectivity index (χ1) is 13.1. The maximum Gasteiger partial charge on any atom is 0.255 e. The van der Waals surface area contributed by atoms with Gasteiger partial charge in [-0.25, -0.2) is 4.39 Å². The molecular formula is C22H24FN3O2. The fourth-order valence-electron chi connectivity index (χ4n) is 4.75. The van der Waals surface area contributed by atoms with Gasteiger partial charge in [0.25, 0.3) is 5.91 Å². The smallest absolute Gasteiger partial charge is 0.255 e. The molecule has 146 valence electrons. The van der Waals surface area contributed by atoms with Gasteiger partial charge in [-0.1, -0.05) is 13.8 Å². The Morgan fingerprint density at radius 3 is 2.75 bits per heavy atom. The lowest BCUT2D eigenvalue weighted by atomic mass is 9.65. The van der Waals surface area contributed by atoms with E-state index in [2.05, 4.69) is 4.98 Å². The zero-order valence-electron chi connectivity index (χ0n) is 16.4. The zero-order chi connectivity index (χ0) is 20.3. The van der Waals surface area contributed by atoms with Crippen LogP contribution in [0.1, 0.15) is 42.7 Å². The highest BCUT2D eigenvalue weighted by molar-refractivity contribution is 6.00. The molecule has 1 aliphatic heterocycles. The van der Waals surface area contributed by atoms with E-state index in [0.29, 0.717) is 42.0 Å². The fraction of sp³-hybridized carbons (Fsp3) is 0.409. The molecule has 1 aliphatic carbocycles. The number of hydrogen-bond acceptors (Lipinski definition) is 4. The van der Waals surface area contributed by atoms with E-state index >= 15 is 0 Å². The second kappa shape index (κ2) is 6.12. The third-order valence-electron chi connectivity index (χ3n) is 6.01. The van der Waals surface area contributed by atoms with Gasteiger partial charge < -0.3 is 10.6 Å². The van der Waals surface area contributed by atoms with E-state index in [1.165, 1.54) is 12.1 Å². The number of carbonyl (C=O) groups excluding carboxylic acids is 2. The number of halogens is 1. The molecule has 0 saturated carbocycles. The van der Waals surface area contributed by atoms with Gasteiger partial charge in [-0.05, 0) is 44.0 Å². The first-order valence-corrected chi connectivity index (χ1v) is 9.50. The number of likely N-dealkylation sites (tertiary alicyclic amines) is 1. The third kappa shape index (κ3) is 2.97. The number of Topliss-reactive ketones (excluding diaryl/α,β-unsaturated/α-hetero) is 1. The molecule has 28 heavy (non-hydrogen) atoms. The normalized spacial score (nSPS) is 24.1. The van der Waals surface area contributed by atoms with E-state index in [1.54, 1.807) is 19.1 Å². The first kappa shape index (κ1) is 18.6. The van der Waals surface area contributed by atoms with Gasteiger partial charge in [-0.2, -0.15) is 0 Å². The molecule has 1 aromatic heterocycles. The highest BCUT2D eigenvalue weighted by Crippen LogP contribution is 2.47.